The summed E-state index contributed by atoms with van der Waals surface area (Å²) >= 11 is 0. The minimum absolute atomic E-state index is 0.0266. The molecule has 4 heteroatoms. The molecule has 0 radical (unpaired) electrons. The van der Waals surface area contributed by atoms with E-state index in [9.17, 15) is 4.79 Å². The summed E-state index contributed by atoms with van der Waals surface area (Å²) in [5.74, 6) is 0.862. The highest BCUT2D eigenvalue weighted by Crippen LogP contribution is 2.27. The molecule has 0 spiro atoms. The van der Waals surface area contributed by atoms with Crippen molar-refractivity contribution in [3.05, 3.63) is 131 Å². The van der Waals surface area contributed by atoms with E-state index in [-0.39, 0.29) is 11.8 Å². The zero-order chi connectivity index (χ0) is 22.0. The van der Waals surface area contributed by atoms with Crippen molar-refractivity contribution in [1.29, 1.82) is 0 Å². The third-order valence-electron chi connectivity index (χ3n) is 5.37. The van der Waals surface area contributed by atoms with Crippen LogP contribution in [0, 0.1) is 0 Å². The molecule has 1 aromatic heterocycles. The van der Waals surface area contributed by atoms with E-state index < -0.39 is 0 Å². The molecule has 1 N–H and O–H groups in total. The molecular weight excluding hydrogens is 398 g/mol. The number of rotatable bonds is 10. The molecule has 0 saturated carbocycles. The van der Waals surface area contributed by atoms with Crippen LogP contribution < -0.4 is 5.32 Å². The molecule has 1 heterocycles. The molecule has 4 rings (SSSR count). The molecule has 0 atom stereocenters. The lowest BCUT2D eigenvalue weighted by Crippen LogP contribution is -2.25. The number of carbonyl (C=O) groups is 1. The van der Waals surface area contributed by atoms with Gasteiger partial charge in [-0.2, -0.15) is 0 Å². The van der Waals surface area contributed by atoms with Gasteiger partial charge < -0.3 is 14.5 Å². The second kappa shape index (κ2) is 11.1. The SMILES string of the molecule is O=C(CC(c1ccccc1)c1ccccc1)NCc1cccc(COCc2ccco2)c1. The van der Waals surface area contributed by atoms with Crippen LogP contribution >= 0.6 is 0 Å². The van der Waals surface area contributed by atoms with E-state index in [1.807, 2.05) is 66.7 Å². The molecule has 32 heavy (non-hydrogen) atoms. The van der Waals surface area contributed by atoms with Crippen LogP contribution in [-0.4, -0.2) is 5.91 Å². The molecule has 0 saturated heterocycles. The van der Waals surface area contributed by atoms with Crippen molar-refractivity contribution in [2.45, 2.75) is 32.1 Å². The highest BCUT2D eigenvalue weighted by molar-refractivity contribution is 5.77. The number of carbonyl (C=O) groups excluding carboxylic acids is 1. The Morgan fingerprint density at radius 1 is 0.781 bits per heavy atom. The zero-order valence-electron chi connectivity index (χ0n) is 17.9. The van der Waals surface area contributed by atoms with Crippen LogP contribution in [0.5, 0.6) is 0 Å². The zero-order valence-corrected chi connectivity index (χ0v) is 17.9. The molecule has 0 bridgehead atoms. The van der Waals surface area contributed by atoms with Gasteiger partial charge in [0.05, 0.1) is 12.9 Å². The van der Waals surface area contributed by atoms with Gasteiger partial charge in [-0.3, -0.25) is 4.79 Å². The molecule has 4 nitrogen and oxygen atoms in total. The van der Waals surface area contributed by atoms with Crippen LogP contribution in [0.3, 0.4) is 0 Å². The van der Waals surface area contributed by atoms with E-state index in [1.165, 1.54) is 0 Å². The minimum atomic E-state index is 0.0266. The lowest BCUT2D eigenvalue weighted by atomic mass is 9.88. The van der Waals surface area contributed by atoms with Crippen LogP contribution in [0.1, 0.15) is 40.4 Å². The molecule has 1 amide bonds. The minimum Gasteiger partial charge on any atom is -0.467 e. The van der Waals surface area contributed by atoms with Gasteiger partial charge in [-0.1, -0.05) is 84.9 Å². The molecule has 0 unspecified atom stereocenters. The number of hydrogen-bond donors (Lipinski definition) is 1. The second-order valence-corrected chi connectivity index (χ2v) is 7.75. The van der Waals surface area contributed by atoms with Crippen LogP contribution in [0.15, 0.2) is 108 Å². The summed E-state index contributed by atoms with van der Waals surface area (Å²) < 4.78 is 11.0. The molecule has 0 fully saturated rings. The Morgan fingerprint density at radius 3 is 2.12 bits per heavy atom. The van der Waals surface area contributed by atoms with Crippen molar-refractivity contribution in [1.82, 2.24) is 5.32 Å². The van der Waals surface area contributed by atoms with Crippen LogP contribution in [0.25, 0.3) is 0 Å². The number of hydrogen-bond acceptors (Lipinski definition) is 3. The molecule has 4 aromatic rings. The van der Waals surface area contributed by atoms with E-state index in [4.69, 9.17) is 9.15 Å². The van der Waals surface area contributed by atoms with Crippen molar-refractivity contribution < 1.29 is 13.9 Å². The largest absolute Gasteiger partial charge is 0.467 e. The number of amides is 1. The molecular formula is C28H27NO3. The van der Waals surface area contributed by atoms with Gasteiger partial charge in [0.15, 0.2) is 0 Å². The van der Waals surface area contributed by atoms with Crippen molar-refractivity contribution in [2.75, 3.05) is 0 Å². The van der Waals surface area contributed by atoms with Gasteiger partial charge in [0.1, 0.15) is 12.4 Å². The van der Waals surface area contributed by atoms with Crippen molar-refractivity contribution >= 4 is 5.91 Å². The Morgan fingerprint density at radius 2 is 1.47 bits per heavy atom. The molecule has 0 aliphatic heterocycles. The van der Waals surface area contributed by atoms with Gasteiger partial charge in [-0.05, 0) is 34.4 Å². The van der Waals surface area contributed by atoms with E-state index in [0.29, 0.717) is 26.2 Å². The maximum absolute atomic E-state index is 12.8. The van der Waals surface area contributed by atoms with E-state index in [0.717, 1.165) is 28.0 Å². The smallest absolute Gasteiger partial charge is 0.221 e. The number of furan rings is 1. The number of ether oxygens (including phenoxy) is 1. The molecule has 162 valence electrons. The van der Waals surface area contributed by atoms with E-state index in [2.05, 4.69) is 35.6 Å². The first-order valence-corrected chi connectivity index (χ1v) is 10.8. The Balaban J connectivity index is 1.33. The van der Waals surface area contributed by atoms with Gasteiger partial charge in [-0.25, -0.2) is 0 Å². The maximum Gasteiger partial charge on any atom is 0.221 e. The average Bonchev–Trinajstić information content (AvgIpc) is 3.36. The second-order valence-electron chi connectivity index (χ2n) is 7.75. The quantitative estimate of drug-likeness (QED) is 0.348. The summed E-state index contributed by atoms with van der Waals surface area (Å²) in [7, 11) is 0. The highest BCUT2D eigenvalue weighted by atomic mass is 16.5. The normalized spacial score (nSPS) is 10.9. The Labute approximate surface area is 188 Å². The van der Waals surface area contributed by atoms with Crippen LogP contribution in [0.4, 0.5) is 0 Å². The fourth-order valence-electron chi connectivity index (χ4n) is 3.75. The number of benzene rings is 3. The predicted octanol–water partition coefficient (Wildman–Crippen LogP) is 5.83. The van der Waals surface area contributed by atoms with Gasteiger partial charge in [0, 0.05) is 18.9 Å². The topological polar surface area (TPSA) is 51.5 Å². The van der Waals surface area contributed by atoms with Crippen LogP contribution in [-0.2, 0) is 29.3 Å². The fraction of sp³-hybridized carbons (Fsp3) is 0.179. The highest BCUT2D eigenvalue weighted by Gasteiger charge is 2.17. The van der Waals surface area contributed by atoms with Crippen molar-refractivity contribution in [3.63, 3.8) is 0 Å². The summed E-state index contributed by atoms with van der Waals surface area (Å²) in [6, 6.07) is 32.2. The Hall–Kier alpha value is -3.63. The lowest BCUT2D eigenvalue weighted by Gasteiger charge is -2.18. The molecule has 3 aromatic carbocycles. The third-order valence-corrected chi connectivity index (χ3v) is 5.37. The monoisotopic (exact) mass is 425 g/mol. The van der Waals surface area contributed by atoms with E-state index in [1.54, 1.807) is 6.26 Å². The molecule has 0 aliphatic rings. The Bertz CT molecular complexity index is 1050. The third kappa shape index (κ3) is 6.19. The standard InChI is InChI=1S/C28H27NO3/c30-28(18-27(24-11-3-1-4-12-24)25-13-5-2-6-14-25)29-19-22-9-7-10-23(17-22)20-31-21-26-15-8-16-32-26/h1-17,27H,18-21H2,(H,29,30). The maximum atomic E-state index is 12.8. The van der Waals surface area contributed by atoms with Gasteiger partial charge in [0.2, 0.25) is 5.91 Å². The summed E-state index contributed by atoms with van der Waals surface area (Å²) in [5, 5.41) is 3.08. The van der Waals surface area contributed by atoms with E-state index >= 15 is 0 Å². The number of nitrogens with one attached hydrogen (secondary N) is 1. The Kier molecular flexibility index (Phi) is 7.51. The first-order valence-electron chi connectivity index (χ1n) is 10.8. The summed E-state index contributed by atoms with van der Waals surface area (Å²) in [5.41, 5.74) is 4.40. The van der Waals surface area contributed by atoms with Crippen LogP contribution in [0.2, 0.25) is 0 Å². The van der Waals surface area contributed by atoms with Gasteiger partial charge in [-0.15, -0.1) is 0 Å². The van der Waals surface area contributed by atoms with Crippen molar-refractivity contribution in [3.8, 4) is 0 Å². The molecule has 0 aliphatic carbocycles. The van der Waals surface area contributed by atoms with Gasteiger partial charge >= 0.3 is 0 Å². The first-order chi connectivity index (χ1) is 15.8. The lowest BCUT2D eigenvalue weighted by molar-refractivity contribution is -0.121. The summed E-state index contributed by atoms with van der Waals surface area (Å²) in [4.78, 5) is 12.8. The average molecular weight is 426 g/mol. The first kappa shape index (κ1) is 21.6. The van der Waals surface area contributed by atoms with Gasteiger partial charge in [0.25, 0.3) is 0 Å². The summed E-state index contributed by atoms with van der Waals surface area (Å²) in [6.07, 6.45) is 2.04. The fourth-order valence-corrected chi connectivity index (χ4v) is 3.75. The summed E-state index contributed by atoms with van der Waals surface area (Å²) in [6.45, 7) is 1.42. The van der Waals surface area contributed by atoms with Crippen molar-refractivity contribution in [2.24, 2.45) is 0 Å². The predicted molar refractivity (Wildman–Crippen MR) is 125 cm³/mol.